The lowest BCUT2D eigenvalue weighted by atomic mass is 10.2. The zero-order valence-corrected chi connectivity index (χ0v) is 13.3. The van der Waals surface area contributed by atoms with Crippen molar-refractivity contribution in [3.05, 3.63) is 39.6 Å². The first-order chi connectivity index (χ1) is 9.38. The summed E-state index contributed by atoms with van der Waals surface area (Å²) in [5.74, 6) is -0.124. The van der Waals surface area contributed by atoms with Crippen molar-refractivity contribution < 1.29 is 4.79 Å². The highest BCUT2D eigenvalue weighted by molar-refractivity contribution is 9.10. The van der Waals surface area contributed by atoms with Crippen LogP contribution in [0.25, 0.3) is 0 Å². The number of amides is 1. The Morgan fingerprint density at radius 3 is 2.65 bits per heavy atom. The van der Waals surface area contributed by atoms with Gasteiger partial charge in [0.1, 0.15) is 6.54 Å². The number of nitrogens with two attached hydrogens (primary N) is 1. The van der Waals surface area contributed by atoms with Gasteiger partial charge in [0.05, 0.1) is 11.4 Å². The van der Waals surface area contributed by atoms with Crippen molar-refractivity contribution in [3.8, 4) is 0 Å². The molecule has 0 aliphatic heterocycles. The van der Waals surface area contributed by atoms with Crippen LogP contribution in [0.15, 0.2) is 22.7 Å². The SMILES string of the molecule is Cc1nn(CC(=O)Nc2ccc(N)cc2Br)c(C)c1C. The number of halogens is 1. The smallest absolute Gasteiger partial charge is 0.246 e. The molecule has 5 nitrogen and oxygen atoms in total. The van der Waals surface area contributed by atoms with Gasteiger partial charge in [-0.3, -0.25) is 9.48 Å². The number of anilines is 2. The van der Waals surface area contributed by atoms with Crippen molar-refractivity contribution in [1.82, 2.24) is 9.78 Å². The summed E-state index contributed by atoms with van der Waals surface area (Å²) in [5, 5.41) is 7.19. The van der Waals surface area contributed by atoms with E-state index in [0.29, 0.717) is 11.4 Å². The third-order valence-corrected chi connectivity index (χ3v) is 3.96. The van der Waals surface area contributed by atoms with Crippen LogP contribution in [0, 0.1) is 20.8 Å². The number of aromatic nitrogens is 2. The van der Waals surface area contributed by atoms with E-state index in [0.717, 1.165) is 21.4 Å². The third kappa shape index (κ3) is 3.01. The molecule has 1 aromatic heterocycles. The van der Waals surface area contributed by atoms with Gasteiger partial charge in [-0.05, 0) is 60.5 Å². The molecule has 0 spiro atoms. The zero-order valence-electron chi connectivity index (χ0n) is 11.7. The first kappa shape index (κ1) is 14.6. The minimum Gasteiger partial charge on any atom is -0.399 e. The summed E-state index contributed by atoms with van der Waals surface area (Å²) in [4.78, 5) is 12.1. The predicted octanol–water partition coefficient (Wildman–Crippen LogP) is 2.79. The Hall–Kier alpha value is -1.82. The number of nitrogens with zero attached hydrogens (tertiary/aromatic N) is 2. The number of nitrogen functional groups attached to an aromatic ring is 1. The number of hydrogen-bond acceptors (Lipinski definition) is 3. The number of carbonyl (C=O) groups excluding carboxylic acids is 1. The van der Waals surface area contributed by atoms with E-state index in [2.05, 4.69) is 26.3 Å². The summed E-state index contributed by atoms with van der Waals surface area (Å²) in [6.45, 7) is 6.09. The summed E-state index contributed by atoms with van der Waals surface area (Å²) in [5.41, 5.74) is 10.1. The minimum atomic E-state index is -0.124. The van der Waals surface area contributed by atoms with E-state index < -0.39 is 0 Å². The standard InChI is InChI=1S/C14H17BrN4O/c1-8-9(2)18-19(10(8)3)7-14(20)17-13-5-4-11(16)6-12(13)15/h4-6H,7,16H2,1-3H3,(H,17,20). The highest BCUT2D eigenvalue weighted by atomic mass is 79.9. The van der Waals surface area contributed by atoms with Gasteiger partial charge in [0, 0.05) is 15.9 Å². The summed E-state index contributed by atoms with van der Waals surface area (Å²) >= 11 is 3.37. The van der Waals surface area contributed by atoms with E-state index in [1.54, 1.807) is 22.9 Å². The molecule has 106 valence electrons. The Balaban J connectivity index is 2.11. The van der Waals surface area contributed by atoms with Gasteiger partial charge in [0.25, 0.3) is 0 Å². The Bertz CT molecular complexity index is 663. The molecule has 0 saturated carbocycles. The fraction of sp³-hybridized carbons (Fsp3) is 0.286. The zero-order chi connectivity index (χ0) is 14.9. The van der Waals surface area contributed by atoms with Crippen LogP contribution >= 0.6 is 15.9 Å². The van der Waals surface area contributed by atoms with Gasteiger partial charge in [-0.2, -0.15) is 5.10 Å². The second kappa shape index (κ2) is 5.66. The van der Waals surface area contributed by atoms with E-state index in [9.17, 15) is 4.79 Å². The molecule has 3 N–H and O–H groups in total. The second-order valence-electron chi connectivity index (χ2n) is 4.74. The van der Waals surface area contributed by atoms with E-state index in [1.165, 1.54) is 0 Å². The molecule has 1 heterocycles. The Labute approximate surface area is 126 Å². The number of benzene rings is 1. The highest BCUT2D eigenvalue weighted by Gasteiger charge is 2.11. The molecule has 1 aromatic carbocycles. The molecule has 6 heteroatoms. The van der Waals surface area contributed by atoms with Gasteiger partial charge in [-0.15, -0.1) is 0 Å². The average Bonchev–Trinajstić information content (AvgIpc) is 2.61. The van der Waals surface area contributed by atoms with Gasteiger partial charge >= 0.3 is 0 Å². The number of hydrogen-bond donors (Lipinski definition) is 2. The monoisotopic (exact) mass is 336 g/mol. The van der Waals surface area contributed by atoms with Crippen molar-refractivity contribution in [1.29, 1.82) is 0 Å². The quantitative estimate of drug-likeness (QED) is 0.846. The fourth-order valence-electron chi connectivity index (χ4n) is 1.90. The lowest BCUT2D eigenvalue weighted by Gasteiger charge is -2.09. The predicted molar refractivity (Wildman–Crippen MR) is 83.6 cm³/mol. The van der Waals surface area contributed by atoms with E-state index >= 15 is 0 Å². The van der Waals surface area contributed by atoms with Crippen LogP contribution in [0.1, 0.15) is 17.0 Å². The van der Waals surface area contributed by atoms with Crippen LogP contribution in [0.5, 0.6) is 0 Å². The first-order valence-corrected chi connectivity index (χ1v) is 7.03. The van der Waals surface area contributed by atoms with Crippen LogP contribution in [0.3, 0.4) is 0 Å². The average molecular weight is 337 g/mol. The van der Waals surface area contributed by atoms with Gasteiger partial charge in [-0.25, -0.2) is 0 Å². The third-order valence-electron chi connectivity index (χ3n) is 3.30. The molecule has 0 radical (unpaired) electrons. The van der Waals surface area contributed by atoms with Crippen LogP contribution in [0.4, 0.5) is 11.4 Å². The van der Waals surface area contributed by atoms with Crippen molar-refractivity contribution in [2.24, 2.45) is 0 Å². The summed E-state index contributed by atoms with van der Waals surface area (Å²) in [6, 6.07) is 5.26. The summed E-state index contributed by atoms with van der Waals surface area (Å²) in [7, 11) is 0. The molecule has 2 aromatic rings. The number of nitrogens with one attached hydrogen (secondary N) is 1. The van der Waals surface area contributed by atoms with Crippen molar-refractivity contribution in [3.63, 3.8) is 0 Å². The van der Waals surface area contributed by atoms with Gasteiger partial charge in [-0.1, -0.05) is 0 Å². The molecule has 0 saturated heterocycles. The molecular weight excluding hydrogens is 320 g/mol. The highest BCUT2D eigenvalue weighted by Crippen LogP contribution is 2.24. The Kier molecular flexibility index (Phi) is 4.13. The van der Waals surface area contributed by atoms with Crippen LogP contribution in [-0.4, -0.2) is 15.7 Å². The normalized spacial score (nSPS) is 10.6. The molecule has 2 rings (SSSR count). The first-order valence-electron chi connectivity index (χ1n) is 6.24. The molecule has 0 aliphatic carbocycles. The molecule has 0 bridgehead atoms. The number of carbonyl (C=O) groups is 1. The van der Waals surface area contributed by atoms with E-state index in [4.69, 9.17) is 5.73 Å². The fourth-order valence-corrected chi connectivity index (χ4v) is 2.39. The van der Waals surface area contributed by atoms with Gasteiger partial charge in [0.2, 0.25) is 5.91 Å². The van der Waals surface area contributed by atoms with Crippen LogP contribution in [0.2, 0.25) is 0 Å². The maximum atomic E-state index is 12.1. The van der Waals surface area contributed by atoms with Crippen molar-refractivity contribution >= 4 is 33.2 Å². The Morgan fingerprint density at radius 2 is 2.10 bits per heavy atom. The summed E-state index contributed by atoms with van der Waals surface area (Å²) in [6.07, 6.45) is 0. The maximum Gasteiger partial charge on any atom is 0.246 e. The number of rotatable bonds is 3. The van der Waals surface area contributed by atoms with Gasteiger partial charge < -0.3 is 11.1 Å². The van der Waals surface area contributed by atoms with Crippen molar-refractivity contribution in [2.45, 2.75) is 27.3 Å². The largest absolute Gasteiger partial charge is 0.399 e. The minimum absolute atomic E-state index is 0.124. The second-order valence-corrected chi connectivity index (χ2v) is 5.60. The van der Waals surface area contributed by atoms with Crippen molar-refractivity contribution in [2.75, 3.05) is 11.1 Å². The van der Waals surface area contributed by atoms with Gasteiger partial charge in [0.15, 0.2) is 0 Å². The Morgan fingerprint density at radius 1 is 1.40 bits per heavy atom. The van der Waals surface area contributed by atoms with E-state index in [-0.39, 0.29) is 12.5 Å². The molecule has 20 heavy (non-hydrogen) atoms. The topological polar surface area (TPSA) is 72.9 Å². The number of aryl methyl sites for hydroxylation is 1. The van der Waals surface area contributed by atoms with Crippen LogP contribution < -0.4 is 11.1 Å². The molecule has 0 unspecified atom stereocenters. The molecule has 1 amide bonds. The maximum absolute atomic E-state index is 12.1. The molecule has 0 fully saturated rings. The van der Waals surface area contributed by atoms with Crippen LogP contribution in [-0.2, 0) is 11.3 Å². The molecule has 0 atom stereocenters. The summed E-state index contributed by atoms with van der Waals surface area (Å²) < 4.78 is 2.47. The lowest BCUT2D eigenvalue weighted by molar-refractivity contribution is -0.116. The molecule has 0 aliphatic rings. The lowest BCUT2D eigenvalue weighted by Crippen LogP contribution is -2.20. The molecular formula is C14H17BrN4O. The van der Waals surface area contributed by atoms with E-state index in [1.807, 2.05) is 20.8 Å².